The minimum Gasteiger partial charge on any atom is -0.468 e. The van der Waals surface area contributed by atoms with Gasteiger partial charge in [0.1, 0.15) is 5.76 Å². The van der Waals surface area contributed by atoms with Crippen LogP contribution in [0.15, 0.2) is 52.1 Å². The third-order valence-corrected chi connectivity index (χ3v) is 4.04. The number of guanidine groups is 1. The molecular weight excluding hydrogens is 451 g/mol. The Morgan fingerprint density at radius 1 is 1.20 bits per heavy atom. The van der Waals surface area contributed by atoms with E-state index in [0.717, 1.165) is 28.9 Å². The van der Waals surface area contributed by atoms with E-state index in [0.29, 0.717) is 13.1 Å². The zero-order valence-corrected chi connectivity index (χ0v) is 17.9. The number of likely N-dealkylation sites (N-methyl/N-ethyl adjacent to an activating group) is 1. The van der Waals surface area contributed by atoms with Gasteiger partial charge < -0.3 is 15.1 Å². The van der Waals surface area contributed by atoms with Crippen molar-refractivity contribution in [2.75, 3.05) is 27.2 Å². The summed E-state index contributed by atoms with van der Waals surface area (Å²) in [5.74, 6) is 1.69. The molecule has 2 N–H and O–H groups in total. The quantitative estimate of drug-likeness (QED) is 0.361. The number of nitrogens with one attached hydrogen (secondary N) is 2. The Bertz CT molecular complexity index is 646. The van der Waals surface area contributed by atoms with Crippen LogP contribution in [-0.4, -0.2) is 38.0 Å². The van der Waals surface area contributed by atoms with Gasteiger partial charge in [0.25, 0.3) is 0 Å². The number of furan rings is 1. The van der Waals surface area contributed by atoms with Crippen molar-refractivity contribution in [1.29, 1.82) is 0 Å². The molecule has 0 aliphatic carbocycles. The Hall–Kier alpha value is -1.25. The molecule has 7 heteroatoms. The molecule has 0 fully saturated rings. The second-order valence-electron chi connectivity index (χ2n) is 5.66. The number of halogens is 2. The molecule has 0 amide bonds. The standard InChI is InChI=1S/C18H25ClN4O.HI/c1-4-20-18(21-12-14-8-5-6-9-15(14)19)22-13-16(23(2)3)17-10-7-11-24-17;/h5-11,16H,4,12-13H2,1-3H3,(H2,20,21,22);1H. The minimum atomic E-state index is 0. The van der Waals surface area contributed by atoms with E-state index < -0.39 is 0 Å². The van der Waals surface area contributed by atoms with Crippen LogP contribution in [0, 0.1) is 0 Å². The Balaban J connectivity index is 0.00000312. The van der Waals surface area contributed by atoms with Crippen LogP contribution in [0.25, 0.3) is 0 Å². The molecule has 2 aromatic rings. The van der Waals surface area contributed by atoms with E-state index in [-0.39, 0.29) is 30.0 Å². The summed E-state index contributed by atoms with van der Waals surface area (Å²) in [6, 6.07) is 11.8. The molecule has 0 aliphatic heterocycles. The molecule has 1 unspecified atom stereocenters. The predicted octanol–water partition coefficient (Wildman–Crippen LogP) is 3.91. The van der Waals surface area contributed by atoms with Gasteiger partial charge in [-0.3, -0.25) is 4.90 Å². The highest BCUT2D eigenvalue weighted by Gasteiger charge is 2.17. The first-order valence-corrected chi connectivity index (χ1v) is 8.45. The van der Waals surface area contributed by atoms with Crippen molar-refractivity contribution < 1.29 is 4.42 Å². The molecule has 0 spiro atoms. The topological polar surface area (TPSA) is 52.8 Å². The molecule has 0 saturated heterocycles. The van der Waals surface area contributed by atoms with Crippen LogP contribution < -0.4 is 10.6 Å². The maximum atomic E-state index is 6.19. The Morgan fingerprint density at radius 2 is 1.96 bits per heavy atom. The summed E-state index contributed by atoms with van der Waals surface area (Å²) < 4.78 is 5.53. The van der Waals surface area contributed by atoms with E-state index >= 15 is 0 Å². The van der Waals surface area contributed by atoms with Crippen LogP contribution in [0.1, 0.15) is 24.3 Å². The highest BCUT2D eigenvalue weighted by molar-refractivity contribution is 14.0. The molecule has 1 aromatic carbocycles. The molecule has 0 aliphatic rings. The highest BCUT2D eigenvalue weighted by Crippen LogP contribution is 2.18. The monoisotopic (exact) mass is 476 g/mol. The zero-order chi connectivity index (χ0) is 17.4. The van der Waals surface area contributed by atoms with E-state index in [1.165, 1.54) is 0 Å². The first kappa shape index (κ1) is 21.8. The summed E-state index contributed by atoms with van der Waals surface area (Å²) in [5.41, 5.74) is 1.01. The van der Waals surface area contributed by atoms with Crippen molar-refractivity contribution in [2.24, 2.45) is 4.99 Å². The second kappa shape index (κ2) is 11.4. The molecule has 0 bridgehead atoms. The average molecular weight is 477 g/mol. The summed E-state index contributed by atoms with van der Waals surface area (Å²) >= 11 is 6.19. The lowest BCUT2D eigenvalue weighted by Gasteiger charge is -2.23. The SMILES string of the molecule is CCNC(=NCc1ccccc1Cl)NCC(c1ccco1)N(C)C.I. The van der Waals surface area contributed by atoms with Crippen LogP contribution in [0.3, 0.4) is 0 Å². The molecule has 1 atom stereocenters. The summed E-state index contributed by atoms with van der Waals surface area (Å²) in [6.45, 7) is 4.06. The zero-order valence-electron chi connectivity index (χ0n) is 14.8. The lowest BCUT2D eigenvalue weighted by Crippen LogP contribution is -2.41. The third kappa shape index (κ3) is 6.87. The summed E-state index contributed by atoms with van der Waals surface area (Å²) in [6.07, 6.45) is 1.70. The number of hydrogen-bond donors (Lipinski definition) is 2. The van der Waals surface area contributed by atoms with Crippen LogP contribution in [0.2, 0.25) is 5.02 Å². The van der Waals surface area contributed by atoms with E-state index in [1.807, 2.05) is 57.4 Å². The van der Waals surface area contributed by atoms with Crippen LogP contribution in [0.4, 0.5) is 0 Å². The van der Waals surface area contributed by atoms with E-state index in [2.05, 4.69) is 20.5 Å². The van der Waals surface area contributed by atoms with Crippen molar-refractivity contribution in [3.05, 3.63) is 59.0 Å². The van der Waals surface area contributed by atoms with Crippen LogP contribution in [0.5, 0.6) is 0 Å². The van der Waals surface area contributed by atoms with Crippen LogP contribution in [-0.2, 0) is 6.54 Å². The van der Waals surface area contributed by atoms with Crippen molar-refractivity contribution in [2.45, 2.75) is 19.5 Å². The Kier molecular flexibility index (Phi) is 9.92. The number of nitrogens with zero attached hydrogens (tertiary/aromatic N) is 2. The molecule has 0 saturated carbocycles. The Morgan fingerprint density at radius 3 is 2.56 bits per heavy atom. The van der Waals surface area contributed by atoms with Gasteiger partial charge in [-0.2, -0.15) is 0 Å². The van der Waals surface area contributed by atoms with Crippen molar-refractivity contribution in [1.82, 2.24) is 15.5 Å². The van der Waals surface area contributed by atoms with Crippen molar-refractivity contribution in [3.8, 4) is 0 Å². The lowest BCUT2D eigenvalue weighted by atomic mass is 10.2. The molecule has 5 nitrogen and oxygen atoms in total. The minimum absolute atomic E-state index is 0. The summed E-state index contributed by atoms with van der Waals surface area (Å²) in [4.78, 5) is 6.73. The number of benzene rings is 1. The average Bonchev–Trinajstić information content (AvgIpc) is 3.08. The fraction of sp³-hybridized carbons (Fsp3) is 0.389. The van der Waals surface area contributed by atoms with Crippen molar-refractivity contribution >= 4 is 41.5 Å². The Labute approximate surface area is 171 Å². The van der Waals surface area contributed by atoms with Gasteiger partial charge in [-0.25, -0.2) is 4.99 Å². The molecule has 2 rings (SSSR count). The third-order valence-electron chi connectivity index (χ3n) is 3.67. The molecule has 1 aromatic heterocycles. The van der Waals surface area contributed by atoms with E-state index in [9.17, 15) is 0 Å². The maximum Gasteiger partial charge on any atom is 0.191 e. The molecule has 25 heavy (non-hydrogen) atoms. The lowest BCUT2D eigenvalue weighted by molar-refractivity contribution is 0.258. The molecule has 138 valence electrons. The summed E-state index contributed by atoms with van der Waals surface area (Å²) in [7, 11) is 4.06. The van der Waals surface area contributed by atoms with Gasteiger partial charge in [-0.05, 0) is 44.8 Å². The fourth-order valence-electron chi connectivity index (χ4n) is 2.34. The number of rotatable bonds is 7. The van der Waals surface area contributed by atoms with Crippen molar-refractivity contribution in [3.63, 3.8) is 0 Å². The molecule has 0 radical (unpaired) electrons. The molecule has 1 heterocycles. The largest absolute Gasteiger partial charge is 0.468 e. The predicted molar refractivity (Wildman–Crippen MR) is 115 cm³/mol. The van der Waals surface area contributed by atoms with E-state index in [1.54, 1.807) is 6.26 Å². The second-order valence-corrected chi connectivity index (χ2v) is 6.07. The van der Waals surface area contributed by atoms with Gasteiger partial charge in [0.15, 0.2) is 5.96 Å². The van der Waals surface area contributed by atoms with Gasteiger partial charge in [-0.1, -0.05) is 29.8 Å². The van der Waals surface area contributed by atoms with Gasteiger partial charge in [0, 0.05) is 18.1 Å². The molecular formula is C18H26ClIN4O. The fourth-order valence-corrected chi connectivity index (χ4v) is 2.54. The normalized spacial score (nSPS) is 12.6. The van der Waals surface area contributed by atoms with Gasteiger partial charge in [0.05, 0.1) is 18.8 Å². The number of aliphatic imine (C=N–C) groups is 1. The first-order chi connectivity index (χ1) is 11.6. The summed E-state index contributed by atoms with van der Waals surface area (Å²) in [5, 5.41) is 7.37. The highest BCUT2D eigenvalue weighted by atomic mass is 127. The van der Waals surface area contributed by atoms with Crippen LogP contribution >= 0.6 is 35.6 Å². The maximum absolute atomic E-state index is 6.19. The van der Waals surface area contributed by atoms with Gasteiger partial charge in [0.2, 0.25) is 0 Å². The smallest absolute Gasteiger partial charge is 0.191 e. The van der Waals surface area contributed by atoms with E-state index in [4.69, 9.17) is 16.0 Å². The van der Waals surface area contributed by atoms with Gasteiger partial charge in [-0.15, -0.1) is 24.0 Å². The number of hydrogen-bond acceptors (Lipinski definition) is 3. The van der Waals surface area contributed by atoms with Gasteiger partial charge >= 0.3 is 0 Å². The first-order valence-electron chi connectivity index (χ1n) is 8.07.